The van der Waals surface area contributed by atoms with Gasteiger partial charge in [-0.1, -0.05) is 84.9 Å². The highest BCUT2D eigenvalue weighted by atomic mass is 16.1. The van der Waals surface area contributed by atoms with Gasteiger partial charge in [0.15, 0.2) is 0 Å². The lowest BCUT2D eigenvalue weighted by Gasteiger charge is -2.15. The number of carbonyl (C=O) groups is 1. The number of ketones is 1. The predicted molar refractivity (Wildman–Crippen MR) is 90.8 cm³/mol. The number of hydrogen-bond donors (Lipinski definition) is 0. The molecule has 1 heteroatoms. The zero-order chi connectivity index (χ0) is 15.4. The maximum atomic E-state index is 12.1. The summed E-state index contributed by atoms with van der Waals surface area (Å²) in [5.74, 6) is -0.0234. The van der Waals surface area contributed by atoms with Gasteiger partial charge in [-0.25, -0.2) is 0 Å². The predicted octanol–water partition coefficient (Wildman–Crippen LogP) is 5.07. The molecule has 1 nitrogen and oxygen atoms in total. The molecule has 1 atom stereocenters. The fourth-order valence-corrected chi connectivity index (χ4v) is 2.81. The summed E-state index contributed by atoms with van der Waals surface area (Å²) in [6.45, 7) is 1.66. The molecule has 0 saturated carbocycles. The van der Waals surface area contributed by atoms with E-state index in [1.807, 2.05) is 48.5 Å². The Hall–Kier alpha value is -2.67. The van der Waals surface area contributed by atoms with Crippen molar-refractivity contribution >= 4 is 5.78 Å². The maximum absolute atomic E-state index is 12.1. The minimum Gasteiger partial charge on any atom is -0.299 e. The Balaban J connectivity index is 1.95. The average Bonchev–Trinajstić information content (AvgIpc) is 2.57. The first kappa shape index (κ1) is 14.3. The summed E-state index contributed by atoms with van der Waals surface area (Å²) in [4.78, 5) is 12.1. The fourth-order valence-electron chi connectivity index (χ4n) is 2.81. The molecule has 3 aromatic rings. The van der Waals surface area contributed by atoms with Gasteiger partial charge in [0.2, 0.25) is 0 Å². The Kier molecular flexibility index (Phi) is 4.15. The first-order valence-electron chi connectivity index (χ1n) is 7.46. The van der Waals surface area contributed by atoms with E-state index < -0.39 is 0 Å². The van der Waals surface area contributed by atoms with E-state index in [0.717, 1.165) is 11.1 Å². The van der Waals surface area contributed by atoms with Crippen molar-refractivity contribution in [2.75, 3.05) is 0 Å². The summed E-state index contributed by atoms with van der Waals surface area (Å²) in [6.07, 6.45) is 0. The Morgan fingerprint density at radius 1 is 0.636 bits per heavy atom. The van der Waals surface area contributed by atoms with Gasteiger partial charge in [0, 0.05) is 0 Å². The van der Waals surface area contributed by atoms with Gasteiger partial charge in [0.1, 0.15) is 5.78 Å². The highest BCUT2D eigenvalue weighted by molar-refractivity contribution is 5.87. The van der Waals surface area contributed by atoms with Crippen molar-refractivity contribution in [2.45, 2.75) is 12.8 Å². The lowest BCUT2D eigenvalue weighted by Crippen LogP contribution is -2.10. The van der Waals surface area contributed by atoms with Crippen LogP contribution in [0.25, 0.3) is 11.1 Å². The van der Waals surface area contributed by atoms with Crippen molar-refractivity contribution < 1.29 is 4.79 Å². The third-order valence-electron chi connectivity index (χ3n) is 3.89. The third kappa shape index (κ3) is 2.99. The Labute approximate surface area is 131 Å². The van der Waals surface area contributed by atoms with Crippen molar-refractivity contribution in [2.24, 2.45) is 0 Å². The molecule has 0 aromatic heterocycles. The molecule has 0 radical (unpaired) electrons. The molecule has 108 valence electrons. The largest absolute Gasteiger partial charge is 0.299 e. The van der Waals surface area contributed by atoms with Crippen molar-refractivity contribution in [3.05, 3.63) is 96.1 Å². The molecule has 0 amide bonds. The second-order valence-electron chi connectivity index (χ2n) is 5.44. The molecule has 0 aliphatic rings. The summed E-state index contributed by atoms with van der Waals surface area (Å²) in [5.41, 5.74) is 4.44. The van der Waals surface area contributed by atoms with E-state index in [1.165, 1.54) is 11.1 Å². The van der Waals surface area contributed by atoms with Gasteiger partial charge < -0.3 is 0 Å². The zero-order valence-corrected chi connectivity index (χ0v) is 12.6. The quantitative estimate of drug-likeness (QED) is 0.654. The van der Waals surface area contributed by atoms with Crippen molar-refractivity contribution in [1.29, 1.82) is 0 Å². The second kappa shape index (κ2) is 6.40. The van der Waals surface area contributed by atoms with Crippen LogP contribution >= 0.6 is 0 Å². The number of carbonyl (C=O) groups excluding carboxylic acids is 1. The molecular formula is C21H18O. The van der Waals surface area contributed by atoms with Gasteiger partial charge in [0.25, 0.3) is 0 Å². The monoisotopic (exact) mass is 286 g/mol. The summed E-state index contributed by atoms with van der Waals surface area (Å²) in [5, 5.41) is 0. The molecule has 0 N–H and O–H groups in total. The molecule has 0 aliphatic carbocycles. The highest BCUT2D eigenvalue weighted by Gasteiger charge is 2.18. The van der Waals surface area contributed by atoms with E-state index in [9.17, 15) is 4.79 Å². The summed E-state index contributed by atoms with van der Waals surface area (Å²) in [6, 6.07) is 28.5. The van der Waals surface area contributed by atoms with Gasteiger partial charge in [-0.15, -0.1) is 0 Å². The first-order chi connectivity index (χ1) is 10.8. The van der Waals surface area contributed by atoms with Gasteiger partial charge in [0.05, 0.1) is 5.92 Å². The topological polar surface area (TPSA) is 17.1 Å². The van der Waals surface area contributed by atoms with Crippen LogP contribution in [-0.2, 0) is 4.79 Å². The highest BCUT2D eigenvalue weighted by Crippen LogP contribution is 2.28. The molecule has 0 aliphatic heterocycles. The van der Waals surface area contributed by atoms with E-state index >= 15 is 0 Å². The van der Waals surface area contributed by atoms with Crippen LogP contribution in [-0.4, -0.2) is 5.78 Å². The normalized spacial score (nSPS) is 11.9. The van der Waals surface area contributed by atoms with Gasteiger partial charge >= 0.3 is 0 Å². The van der Waals surface area contributed by atoms with Crippen molar-refractivity contribution in [3.63, 3.8) is 0 Å². The lowest BCUT2D eigenvalue weighted by atomic mass is 9.87. The van der Waals surface area contributed by atoms with Crippen LogP contribution in [0.5, 0.6) is 0 Å². The number of benzene rings is 3. The molecule has 0 saturated heterocycles. The lowest BCUT2D eigenvalue weighted by molar-refractivity contribution is -0.117. The molecule has 0 bridgehead atoms. The van der Waals surface area contributed by atoms with E-state index in [4.69, 9.17) is 0 Å². The number of rotatable bonds is 4. The first-order valence-corrected chi connectivity index (χ1v) is 7.46. The Morgan fingerprint density at radius 3 is 1.64 bits per heavy atom. The standard InChI is InChI=1S/C21H18O/c1-16(22)21(19-10-6-3-7-11-19)20-14-12-18(13-15-20)17-8-4-2-5-9-17/h2-15,21H,1H3. The van der Waals surface area contributed by atoms with Gasteiger partial charge in [-0.2, -0.15) is 0 Å². The minimum absolute atomic E-state index is 0.165. The molecule has 22 heavy (non-hydrogen) atoms. The van der Waals surface area contributed by atoms with Crippen LogP contribution in [0.3, 0.4) is 0 Å². The zero-order valence-electron chi connectivity index (χ0n) is 12.6. The van der Waals surface area contributed by atoms with Crippen LogP contribution in [0.2, 0.25) is 0 Å². The Morgan fingerprint density at radius 2 is 1.09 bits per heavy atom. The van der Waals surface area contributed by atoms with Crippen molar-refractivity contribution in [3.8, 4) is 11.1 Å². The SMILES string of the molecule is CC(=O)C(c1ccccc1)c1ccc(-c2ccccc2)cc1. The number of Topliss-reactive ketones (excluding diaryl/α,β-unsaturated/α-hetero) is 1. The van der Waals surface area contributed by atoms with Gasteiger partial charge in [-0.3, -0.25) is 4.79 Å². The van der Waals surface area contributed by atoms with Crippen LogP contribution in [0.15, 0.2) is 84.9 Å². The summed E-state index contributed by atoms with van der Waals surface area (Å²) in [7, 11) is 0. The molecule has 0 heterocycles. The van der Waals surface area contributed by atoms with Crippen molar-refractivity contribution in [1.82, 2.24) is 0 Å². The molecular weight excluding hydrogens is 268 g/mol. The van der Waals surface area contributed by atoms with E-state index in [1.54, 1.807) is 6.92 Å². The minimum atomic E-state index is -0.189. The smallest absolute Gasteiger partial charge is 0.141 e. The van der Waals surface area contributed by atoms with Crippen LogP contribution in [0.4, 0.5) is 0 Å². The van der Waals surface area contributed by atoms with Crippen LogP contribution < -0.4 is 0 Å². The Bertz CT molecular complexity index is 743. The summed E-state index contributed by atoms with van der Waals surface area (Å²) < 4.78 is 0. The maximum Gasteiger partial charge on any atom is 0.141 e. The number of hydrogen-bond acceptors (Lipinski definition) is 1. The van der Waals surface area contributed by atoms with Gasteiger partial charge in [-0.05, 0) is 29.2 Å². The summed E-state index contributed by atoms with van der Waals surface area (Å²) >= 11 is 0. The molecule has 3 aromatic carbocycles. The third-order valence-corrected chi connectivity index (χ3v) is 3.89. The fraction of sp³-hybridized carbons (Fsp3) is 0.0952. The van der Waals surface area contributed by atoms with Crippen LogP contribution in [0, 0.1) is 0 Å². The van der Waals surface area contributed by atoms with Crippen LogP contribution in [0.1, 0.15) is 24.0 Å². The molecule has 0 spiro atoms. The second-order valence-corrected chi connectivity index (χ2v) is 5.44. The van der Waals surface area contributed by atoms with E-state index in [0.29, 0.717) is 0 Å². The van der Waals surface area contributed by atoms with E-state index in [2.05, 4.69) is 36.4 Å². The van der Waals surface area contributed by atoms with E-state index in [-0.39, 0.29) is 11.7 Å². The molecule has 0 fully saturated rings. The molecule has 1 unspecified atom stereocenters. The molecule has 3 rings (SSSR count). The average molecular weight is 286 g/mol.